The van der Waals surface area contributed by atoms with Gasteiger partial charge in [-0.05, 0) is 43.7 Å². The molecule has 22 heavy (non-hydrogen) atoms. The van der Waals surface area contributed by atoms with Gasteiger partial charge in [-0.25, -0.2) is 8.42 Å². The van der Waals surface area contributed by atoms with E-state index in [0.29, 0.717) is 5.56 Å². The molecule has 0 heterocycles. The molecule has 0 bridgehead atoms. The summed E-state index contributed by atoms with van der Waals surface area (Å²) in [5.74, 6) is 0. The highest BCUT2D eigenvalue weighted by Gasteiger charge is 2.31. The number of alkyl halides is 3. The first-order valence-electron chi connectivity index (χ1n) is 6.37. The molecule has 0 aliphatic rings. The molecule has 3 nitrogen and oxygen atoms in total. The van der Waals surface area contributed by atoms with Crippen LogP contribution in [0.5, 0.6) is 0 Å². The molecule has 2 aromatic rings. The van der Waals surface area contributed by atoms with E-state index in [1.165, 1.54) is 25.1 Å². The Labute approximate surface area is 126 Å². The van der Waals surface area contributed by atoms with Crippen LogP contribution in [0.1, 0.15) is 16.7 Å². The molecule has 0 saturated carbocycles. The molecule has 0 fully saturated rings. The minimum atomic E-state index is -4.53. The lowest BCUT2D eigenvalue weighted by Crippen LogP contribution is -2.15. The molecule has 0 aliphatic carbocycles. The maximum atomic E-state index is 12.7. The van der Waals surface area contributed by atoms with E-state index in [-0.39, 0.29) is 10.6 Å². The lowest BCUT2D eigenvalue weighted by molar-refractivity contribution is -0.137. The van der Waals surface area contributed by atoms with Crippen LogP contribution in [0.25, 0.3) is 0 Å². The van der Waals surface area contributed by atoms with E-state index < -0.39 is 21.8 Å². The molecule has 2 aromatic carbocycles. The number of nitrogens with one attached hydrogen (secondary N) is 1. The maximum absolute atomic E-state index is 12.7. The van der Waals surface area contributed by atoms with E-state index in [1.54, 1.807) is 19.1 Å². The summed E-state index contributed by atoms with van der Waals surface area (Å²) in [6, 6.07) is 8.98. The molecule has 0 radical (unpaired) electrons. The Morgan fingerprint density at radius 2 is 1.55 bits per heavy atom. The zero-order chi connectivity index (χ0) is 16.5. The largest absolute Gasteiger partial charge is 0.416 e. The molecule has 0 saturated heterocycles. The quantitative estimate of drug-likeness (QED) is 0.920. The second-order valence-corrected chi connectivity index (χ2v) is 6.63. The van der Waals surface area contributed by atoms with Gasteiger partial charge in [0.2, 0.25) is 0 Å². The van der Waals surface area contributed by atoms with Crippen molar-refractivity contribution >= 4 is 15.7 Å². The molecule has 2 rings (SSSR count). The standard InChI is InChI=1S/C15H14F3NO2S/c1-10-3-7-13(8-4-10)22(20,21)19-14-9-12(15(16,17)18)6-5-11(14)2/h3-9,19H,1-2H3. The molecule has 1 N–H and O–H groups in total. The van der Waals surface area contributed by atoms with Gasteiger partial charge in [-0.3, -0.25) is 4.72 Å². The SMILES string of the molecule is Cc1ccc(S(=O)(=O)Nc2cc(C(F)(F)F)ccc2C)cc1. The molecule has 118 valence electrons. The molecule has 0 aromatic heterocycles. The van der Waals surface area contributed by atoms with Gasteiger partial charge in [0.05, 0.1) is 16.1 Å². The zero-order valence-corrected chi connectivity index (χ0v) is 12.7. The lowest BCUT2D eigenvalue weighted by Gasteiger charge is -2.14. The van der Waals surface area contributed by atoms with Gasteiger partial charge in [-0.15, -0.1) is 0 Å². The van der Waals surface area contributed by atoms with Gasteiger partial charge in [0.25, 0.3) is 10.0 Å². The smallest absolute Gasteiger partial charge is 0.279 e. The van der Waals surface area contributed by atoms with Gasteiger partial charge in [-0.1, -0.05) is 23.8 Å². The fraction of sp³-hybridized carbons (Fsp3) is 0.200. The first-order chi connectivity index (χ1) is 10.1. The van der Waals surface area contributed by atoms with Crippen molar-refractivity contribution in [2.75, 3.05) is 4.72 Å². The summed E-state index contributed by atoms with van der Waals surface area (Å²) in [5.41, 5.74) is 0.299. The second-order valence-electron chi connectivity index (χ2n) is 4.95. The number of sulfonamides is 1. The van der Waals surface area contributed by atoms with Gasteiger partial charge < -0.3 is 0 Å². The molecule has 0 atom stereocenters. The predicted molar refractivity (Wildman–Crippen MR) is 78.2 cm³/mol. The monoisotopic (exact) mass is 329 g/mol. The Balaban J connectivity index is 2.39. The van der Waals surface area contributed by atoms with Gasteiger partial charge in [0.1, 0.15) is 0 Å². The molecular weight excluding hydrogens is 315 g/mol. The summed E-state index contributed by atoms with van der Waals surface area (Å²) < 4.78 is 64.8. The summed E-state index contributed by atoms with van der Waals surface area (Å²) >= 11 is 0. The van der Waals surface area contributed by atoms with Crippen molar-refractivity contribution in [3.63, 3.8) is 0 Å². The van der Waals surface area contributed by atoms with E-state index >= 15 is 0 Å². The average molecular weight is 329 g/mol. The zero-order valence-electron chi connectivity index (χ0n) is 11.9. The molecule has 0 aliphatic heterocycles. The van der Waals surface area contributed by atoms with Gasteiger partial charge in [0.15, 0.2) is 0 Å². The number of halogens is 3. The van der Waals surface area contributed by atoms with E-state index in [2.05, 4.69) is 4.72 Å². The summed E-state index contributed by atoms with van der Waals surface area (Å²) in [4.78, 5) is -0.00471. The second kappa shape index (κ2) is 5.64. The van der Waals surface area contributed by atoms with Crippen molar-refractivity contribution in [3.05, 3.63) is 59.2 Å². The van der Waals surface area contributed by atoms with Crippen LogP contribution in [-0.2, 0) is 16.2 Å². The van der Waals surface area contributed by atoms with E-state index in [4.69, 9.17) is 0 Å². The number of benzene rings is 2. The third-order valence-corrected chi connectivity index (χ3v) is 4.52. The number of rotatable bonds is 3. The molecule has 0 spiro atoms. The highest BCUT2D eigenvalue weighted by molar-refractivity contribution is 7.92. The summed E-state index contributed by atoms with van der Waals surface area (Å²) in [6.07, 6.45) is -4.53. The number of aryl methyl sites for hydroxylation is 2. The van der Waals surface area contributed by atoms with Crippen LogP contribution in [0.15, 0.2) is 47.4 Å². The van der Waals surface area contributed by atoms with Crippen LogP contribution in [0.4, 0.5) is 18.9 Å². The first kappa shape index (κ1) is 16.4. The first-order valence-corrected chi connectivity index (χ1v) is 7.85. The van der Waals surface area contributed by atoms with Crippen LogP contribution in [-0.4, -0.2) is 8.42 Å². The van der Waals surface area contributed by atoms with Crippen LogP contribution in [0, 0.1) is 13.8 Å². The number of hydrogen-bond acceptors (Lipinski definition) is 2. The van der Waals surface area contributed by atoms with Gasteiger partial charge >= 0.3 is 6.18 Å². The molecule has 0 unspecified atom stereocenters. The average Bonchev–Trinajstić information content (AvgIpc) is 2.40. The van der Waals surface area contributed by atoms with Gasteiger partial charge in [-0.2, -0.15) is 13.2 Å². The lowest BCUT2D eigenvalue weighted by atomic mass is 10.1. The normalized spacial score (nSPS) is 12.2. The number of hydrogen-bond donors (Lipinski definition) is 1. The Morgan fingerprint density at radius 1 is 0.955 bits per heavy atom. The maximum Gasteiger partial charge on any atom is 0.416 e. The highest BCUT2D eigenvalue weighted by atomic mass is 32.2. The summed E-state index contributed by atoms with van der Waals surface area (Å²) in [5, 5.41) is 0. The van der Waals surface area contributed by atoms with Crippen molar-refractivity contribution in [3.8, 4) is 0 Å². The predicted octanol–water partition coefficient (Wildman–Crippen LogP) is 4.12. The third-order valence-electron chi connectivity index (χ3n) is 3.14. The summed E-state index contributed by atoms with van der Waals surface area (Å²) in [6.45, 7) is 3.34. The fourth-order valence-electron chi connectivity index (χ4n) is 1.83. The topological polar surface area (TPSA) is 46.2 Å². The van der Waals surface area contributed by atoms with E-state index in [0.717, 1.165) is 17.7 Å². The van der Waals surface area contributed by atoms with E-state index in [9.17, 15) is 21.6 Å². The van der Waals surface area contributed by atoms with Crippen molar-refractivity contribution in [1.29, 1.82) is 0 Å². The van der Waals surface area contributed by atoms with Crippen LogP contribution in [0.3, 0.4) is 0 Å². The Kier molecular flexibility index (Phi) is 4.19. The minimum absolute atomic E-state index is 0.00471. The Morgan fingerprint density at radius 3 is 2.09 bits per heavy atom. The van der Waals surface area contributed by atoms with Crippen molar-refractivity contribution in [1.82, 2.24) is 0 Å². The van der Waals surface area contributed by atoms with Crippen molar-refractivity contribution in [2.45, 2.75) is 24.9 Å². The van der Waals surface area contributed by atoms with E-state index in [1.807, 2.05) is 0 Å². The van der Waals surface area contributed by atoms with Crippen molar-refractivity contribution < 1.29 is 21.6 Å². The van der Waals surface area contributed by atoms with Crippen LogP contribution >= 0.6 is 0 Å². The van der Waals surface area contributed by atoms with Crippen LogP contribution in [0.2, 0.25) is 0 Å². The molecular formula is C15H14F3NO2S. The Hall–Kier alpha value is -2.02. The van der Waals surface area contributed by atoms with Gasteiger partial charge in [0, 0.05) is 0 Å². The fourth-order valence-corrected chi connectivity index (χ4v) is 2.95. The number of anilines is 1. The third kappa shape index (κ3) is 3.59. The minimum Gasteiger partial charge on any atom is -0.279 e. The Bertz CT molecular complexity index is 781. The molecule has 0 amide bonds. The molecule has 7 heteroatoms. The van der Waals surface area contributed by atoms with Crippen molar-refractivity contribution in [2.24, 2.45) is 0 Å². The summed E-state index contributed by atoms with van der Waals surface area (Å²) in [7, 11) is -3.93. The highest BCUT2D eigenvalue weighted by Crippen LogP contribution is 2.32. The van der Waals surface area contributed by atoms with Crippen LogP contribution < -0.4 is 4.72 Å².